The first-order valence-corrected chi connectivity index (χ1v) is 9.46. The quantitative estimate of drug-likeness (QED) is 0.649. The number of morpholine rings is 1. The summed E-state index contributed by atoms with van der Waals surface area (Å²) in [6, 6.07) is 12.9. The predicted molar refractivity (Wildman–Crippen MR) is 109 cm³/mol. The summed E-state index contributed by atoms with van der Waals surface area (Å²) in [4.78, 5) is 31.6. The summed E-state index contributed by atoms with van der Waals surface area (Å²) in [6.45, 7) is 6.86. The molecule has 7 heteroatoms. The lowest BCUT2D eigenvalue weighted by atomic mass is 10.1. The van der Waals surface area contributed by atoms with Gasteiger partial charge in [-0.15, -0.1) is 0 Å². The topological polar surface area (TPSA) is 90.2 Å². The number of nitrogens with zero attached hydrogens (tertiary/aromatic N) is 1. The van der Waals surface area contributed by atoms with E-state index >= 15 is 0 Å². The first kappa shape index (κ1) is 18.5. The van der Waals surface area contributed by atoms with E-state index < -0.39 is 0 Å². The Bertz CT molecular complexity index is 1030. The molecule has 7 nitrogen and oxygen atoms in total. The van der Waals surface area contributed by atoms with Gasteiger partial charge < -0.3 is 20.0 Å². The second kappa shape index (κ2) is 7.61. The van der Waals surface area contributed by atoms with E-state index in [-0.39, 0.29) is 23.8 Å². The average Bonchev–Trinajstić information content (AvgIpc) is 3.00. The van der Waals surface area contributed by atoms with E-state index in [1.54, 1.807) is 18.2 Å². The molecule has 0 radical (unpaired) electrons. The largest absolute Gasteiger partial charge is 0.373 e. The number of H-pyrrole nitrogens is 2. The van der Waals surface area contributed by atoms with Gasteiger partial charge in [0.2, 0.25) is 0 Å². The number of amides is 1. The van der Waals surface area contributed by atoms with Crippen LogP contribution in [0.5, 0.6) is 0 Å². The van der Waals surface area contributed by atoms with Gasteiger partial charge in [0.05, 0.1) is 23.2 Å². The van der Waals surface area contributed by atoms with Crippen molar-refractivity contribution in [2.24, 2.45) is 0 Å². The number of hydrogen-bond acceptors (Lipinski definition) is 4. The van der Waals surface area contributed by atoms with E-state index in [0.717, 1.165) is 19.6 Å². The molecule has 1 saturated heterocycles. The Morgan fingerprint density at radius 1 is 1.07 bits per heavy atom. The molecule has 1 aliphatic heterocycles. The minimum Gasteiger partial charge on any atom is -0.373 e. The Morgan fingerprint density at radius 3 is 2.46 bits per heavy atom. The smallest absolute Gasteiger partial charge is 0.323 e. The zero-order valence-corrected chi connectivity index (χ0v) is 16.0. The summed E-state index contributed by atoms with van der Waals surface area (Å²) in [6.07, 6.45) is 0.474. The van der Waals surface area contributed by atoms with Crippen molar-refractivity contribution in [3.05, 3.63) is 64.1 Å². The van der Waals surface area contributed by atoms with Gasteiger partial charge in [0.1, 0.15) is 0 Å². The van der Waals surface area contributed by atoms with Crippen LogP contribution in [0.2, 0.25) is 0 Å². The van der Waals surface area contributed by atoms with Crippen molar-refractivity contribution in [1.29, 1.82) is 0 Å². The molecule has 2 heterocycles. The highest BCUT2D eigenvalue weighted by atomic mass is 16.5. The van der Waals surface area contributed by atoms with Crippen LogP contribution in [0, 0.1) is 0 Å². The molecule has 4 rings (SSSR count). The Hall–Kier alpha value is -2.90. The van der Waals surface area contributed by atoms with Crippen molar-refractivity contribution in [3.8, 4) is 0 Å². The van der Waals surface area contributed by atoms with Gasteiger partial charge in [-0.05, 0) is 49.7 Å². The molecule has 0 saturated carbocycles. The van der Waals surface area contributed by atoms with E-state index in [1.807, 2.05) is 24.3 Å². The third-order valence-corrected chi connectivity index (χ3v) is 4.89. The molecule has 146 valence electrons. The zero-order chi connectivity index (χ0) is 19.7. The monoisotopic (exact) mass is 380 g/mol. The van der Waals surface area contributed by atoms with Gasteiger partial charge in [0, 0.05) is 30.9 Å². The maximum Gasteiger partial charge on any atom is 0.323 e. The molecule has 0 unspecified atom stereocenters. The molecular weight excluding hydrogens is 356 g/mol. The highest BCUT2D eigenvalue weighted by Gasteiger charge is 2.22. The second-order valence-corrected chi connectivity index (χ2v) is 7.44. The fraction of sp³-hybridized carbons (Fsp3) is 0.333. The number of ether oxygens (including phenoxy) is 1. The Labute approximate surface area is 162 Å². The maximum atomic E-state index is 12.5. The number of carbonyl (C=O) groups excluding carboxylic acids is 1. The van der Waals surface area contributed by atoms with Crippen LogP contribution in [0.4, 0.5) is 5.69 Å². The van der Waals surface area contributed by atoms with Gasteiger partial charge in [-0.1, -0.05) is 12.1 Å². The van der Waals surface area contributed by atoms with Crippen LogP contribution in [-0.2, 0) is 11.3 Å². The summed E-state index contributed by atoms with van der Waals surface area (Å²) in [5.41, 5.74) is 3.50. The number of aromatic amines is 2. The molecule has 1 aliphatic rings. The molecule has 2 atom stereocenters. The normalized spacial score (nSPS) is 20.4. The van der Waals surface area contributed by atoms with Crippen molar-refractivity contribution >= 4 is 22.6 Å². The predicted octanol–water partition coefficient (Wildman–Crippen LogP) is 2.72. The minimum absolute atomic E-state index is 0.183. The van der Waals surface area contributed by atoms with Crippen LogP contribution in [-0.4, -0.2) is 46.1 Å². The summed E-state index contributed by atoms with van der Waals surface area (Å²) < 4.78 is 5.77. The van der Waals surface area contributed by atoms with E-state index in [2.05, 4.69) is 34.0 Å². The van der Waals surface area contributed by atoms with Gasteiger partial charge in [-0.3, -0.25) is 9.69 Å². The lowest BCUT2D eigenvalue weighted by Gasteiger charge is -2.35. The Morgan fingerprint density at radius 2 is 1.75 bits per heavy atom. The molecule has 28 heavy (non-hydrogen) atoms. The van der Waals surface area contributed by atoms with Crippen molar-refractivity contribution < 1.29 is 9.53 Å². The Balaban J connectivity index is 1.41. The molecule has 1 amide bonds. The number of aromatic nitrogens is 2. The number of carbonyl (C=O) groups is 1. The summed E-state index contributed by atoms with van der Waals surface area (Å²) in [5.74, 6) is -0.183. The van der Waals surface area contributed by atoms with Crippen molar-refractivity contribution in [1.82, 2.24) is 14.9 Å². The lowest BCUT2D eigenvalue weighted by molar-refractivity contribution is -0.0704. The summed E-state index contributed by atoms with van der Waals surface area (Å²) in [5, 5.41) is 2.87. The van der Waals surface area contributed by atoms with Crippen LogP contribution >= 0.6 is 0 Å². The van der Waals surface area contributed by atoms with Gasteiger partial charge in [-0.25, -0.2) is 4.79 Å². The molecule has 1 aromatic heterocycles. The van der Waals surface area contributed by atoms with Crippen molar-refractivity contribution in [2.75, 3.05) is 18.4 Å². The van der Waals surface area contributed by atoms with E-state index in [9.17, 15) is 9.59 Å². The van der Waals surface area contributed by atoms with Crippen LogP contribution in [0.15, 0.2) is 47.3 Å². The highest BCUT2D eigenvalue weighted by Crippen LogP contribution is 2.17. The van der Waals surface area contributed by atoms with Crippen molar-refractivity contribution in [3.63, 3.8) is 0 Å². The summed E-state index contributed by atoms with van der Waals surface area (Å²) >= 11 is 0. The number of rotatable bonds is 4. The number of nitrogens with one attached hydrogen (secondary N) is 3. The number of hydrogen-bond donors (Lipinski definition) is 3. The van der Waals surface area contributed by atoms with E-state index in [4.69, 9.17) is 4.74 Å². The molecule has 0 aliphatic carbocycles. The lowest BCUT2D eigenvalue weighted by Crippen LogP contribution is -2.44. The van der Waals surface area contributed by atoms with Gasteiger partial charge in [0.15, 0.2) is 0 Å². The highest BCUT2D eigenvalue weighted by molar-refractivity contribution is 6.04. The standard InChI is InChI=1S/C21H24N4O3/c1-13-10-25(11-14(2)28-13)12-15-3-5-16(6-4-15)20(26)22-17-7-8-18-19(9-17)24-21(27)23-18/h3-9,13-14H,10-12H2,1-2H3,(H,22,26)(H2,23,24,27)/t13-,14-/m0/s1. The third-order valence-electron chi connectivity index (χ3n) is 4.89. The Kier molecular flexibility index (Phi) is 5.02. The van der Waals surface area contributed by atoms with Crippen LogP contribution in [0.25, 0.3) is 11.0 Å². The van der Waals surface area contributed by atoms with Crippen LogP contribution < -0.4 is 11.0 Å². The maximum absolute atomic E-state index is 12.5. The molecule has 3 aromatic rings. The number of fused-ring (bicyclic) bond motifs is 1. The van der Waals surface area contributed by atoms with Gasteiger partial charge in [-0.2, -0.15) is 0 Å². The molecule has 0 spiro atoms. The van der Waals surface area contributed by atoms with Crippen molar-refractivity contribution in [2.45, 2.75) is 32.6 Å². The minimum atomic E-state index is -0.266. The fourth-order valence-electron chi connectivity index (χ4n) is 3.75. The molecular formula is C21H24N4O3. The molecule has 2 aromatic carbocycles. The first-order valence-electron chi connectivity index (χ1n) is 9.46. The summed E-state index contributed by atoms with van der Waals surface area (Å²) in [7, 11) is 0. The van der Waals surface area contributed by atoms with E-state index in [0.29, 0.717) is 22.3 Å². The second-order valence-electron chi connectivity index (χ2n) is 7.44. The molecule has 3 N–H and O–H groups in total. The van der Waals surface area contributed by atoms with Crippen LogP contribution in [0.3, 0.4) is 0 Å². The third kappa shape index (κ3) is 4.16. The van der Waals surface area contributed by atoms with E-state index in [1.165, 1.54) is 5.56 Å². The van der Waals surface area contributed by atoms with Gasteiger partial charge >= 0.3 is 5.69 Å². The van der Waals surface area contributed by atoms with Crippen LogP contribution in [0.1, 0.15) is 29.8 Å². The molecule has 0 bridgehead atoms. The molecule has 1 fully saturated rings. The number of anilines is 1. The fourth-order valence-corrected chi connectivity index (χ4v) is 3.75. The zero-order valence-electron chi connectivity index (χ0n) is 16.0. The number of imidazole rings is 1. The van der Waals surface area contributed by atoms with Gasteiger partial charge in [0.25, 0.3) is 5.91 Å². The first-order chi connectivity index (χ1) is 13.5. The number of benzene rings is 2. The SMILES string of the molecule is C[C@H]1CN(Cc2ccc(C(=O)Nc3ccc4[nH]c(=O)[nH]c4c3)cc2)C[C@H](C)O1. The average molecular weight is 380 g/mol.